The summed E-state index contributed by atoms with van der Waals surface area (Å²) in [7, 11) is 0. The minimum absolute atomic E-state index is 0.239. The number of rotatable bonds is 5. The number of ether oxygens (including phenoxy) is 2. The molecular weight excluding hydrogens is 440 g/mol. The molecule has 8 heteroatoms. The Morgan fingerprint density at radius 1 is 1.15 bits per heavy atom. The number of halogens is 1. The van der Waals surface area contributed by atoms with Crippen molar-refractivity contribution < 1.29 is 14.3 Å². The molecule has 0 atom stereocenters. The van der Waals surface area contributed by atoms with E-state index in [-0.39, 0.29) is 12.1 Å². The average Bonchev–Trinajstić information content (AvgIpc) is 3.16. The molecule has 0 saturated carbocycles. The molecule has 4 aromatic rings. The summed E-state index contributed by atoms with van der Waals surface area (Å²) in [5.41, 5.74) is 8.61. The quantitative estimate of drug-likeness (QED) is 0.361. The lowest BCUT2D eigenvalue weighted by atomic mass is 10.0. The maximum atomic E-state index is 12.8. The van der Waals surface area contributed by atoms with E-state index < -0.39 is 5.97 Å². The number of fused-ring (bicyclic) bond motifs is 1. The van der Waals surface area contributed by atoms with E-state index in [0.29, 0.717) is 27.9 Å². The van der Waals surface area contributed by atoms with E-state index in [1.165, 1.54) is 6.33 Å². The van der Waals surface area contributed by atoms with E-state index in [1.54, 1.807) is 43.3 Å². The van der Waals surface area contributed by atoms with E-state index in [9.17, 15) is 4.79 Å². The fourth-order valence-corrected chi connectivity index (χ4v) is 3.81. The molecule has 0 bridgehead atoms. The summed E-state index contributed by atoms with van der Waals surface area (Å²) in [6.45, 7) is 8.25. The fraction of sp³-hybridized carbons (Fsp3) is 0.240. The first-order valence-corrected chi connectivity index (χ1v) is 10.9. The predicted octanol–water partition coefficient (Wildman–Crippen LogP) is 6.06. The second kappa shape index (κ2) is 8.75. The van der Waals surface area contributed by atoms with Crippen LogP contribution in [0, 0.1) is 0 Å². The van der Waals surface area contributed by atoms with Gasteiger partial charge in [0.05, 0.1) is 12.0 Å². The van der Waals surface area contributed by atoms with Gasteiger partial charge < -0.3 is 19.8 Å². The van der Waals surface area contributed by atoms with E-state index in [2.05, 4.69) is 35.3 Å². The van der Waals surface area contributed by atoms with Crippen molar-refractivity contribution in [2.75, 3.05) is 12.3 Å². The van der Waals surface area contributed by atoms with Gasteiger partial charge in [-0.1, -0.05) is 23.7 Å². The fourth-order valence-electron chi connectivity index (χ4n) is 3.63. The molecule has 2 aromatic carbocycles. The van der Waals surface area contributed by atoms with Gasteiger partial charge in [0.25, 0.3) is 0 Å². The zero-order valence-corrected chi connectivity index (χ0v) is 19.7. The van der Waals surface area contributed by atoms with Gasteiger partial charge in [0.2, 0.25) is 0 Å². The number of hydrogen-bond donors (Lipinski definition) is 1. The summed E-state index contributed by atoms with van der Waals surface area (Å²) < 4.78 is 13.3. The molecule has 0 saturated heterocycles. The van der Waals surface area contributed by atoms with Gasteiger partial charge >= 0.3 is 5.97 Å². The zero-order chi connectivity index (χ0) is 23.8. The van der Waals surface area contributed by atoms with Gasteiger partial charge in [-0.3, -0.25) is 0 Å². The monoisotopic (exact) mass is 464 g/mol. The minimum Gasteiger partial charge on any atom is -0.462 e. The standard InChI is InChI=1S/C25H25ClN4O3/c1-5-32-24(31)18-11-15(9-10-20(18)33-17-8-6-7-16(26)12-17)19-13-30(25(2,3)4)23-21(19)22(27)28-14-29-23/h6-14H,5H2,1-4H3,(H2,27,28,29). The smallest absolute Gasteiger partial charge is 0.341 e. The van der Waals surface area contributed by atoms with Crippen LogP contribution >= 0.6 is 11.6 Å². The molecule has 0 spiro atoms. The third-order valence-corrected chi connectivity index (χ3v) is 5.38. The van der Waals surface area contributed by atoms with E-state index >= 15 is 0 Å². The first-order chi connectivity index (χ1) is 15.7. The van der Waals surface area contributed by atoms with Crippen molar-refractivity contribution in [1.29, 1.82) is 0 Å². The number of anilines is 1. The Hall–Kier alpha value is -3.58. The van der Waals surface area contributed by atoms with Crippen LogP contribution in [0.2, 0.25) is 5.02 Å². The molecule has 2 aromatic heterocycles. The first kappa shape index (κ1) is 22.6. The van der Waals surface area contributed by atoms with E-state index in [1.807, 2.05) is 12.3 Å². The highest BCUT2D eigenvalue weighted by Crippen LogP contribution is 2.38. The van der Waals surface area contributed by atoms with Crippen molar-refractivity contribution in [3.63, 3.8) is 0 Å². The molecular formula is C25H25ClN4O3. The molecule has 2 heterocycles. The number of nitrogen functional groups attached to an aromatic ring is 1. The van der Waals surface area contributed by atoms with Crippen LogP contribution in [-0.4, -0.2) is 27.1 Å². The van der Waals surface area contributed by atoms with Gasteiger partial charge in [0.15, 0.2) is 0 Å². The Morgan fingerprint density at radius 3 is 2.64 bits per heavy atom. The molecule has 2 N–H and O–H groups in total. The van der Waals surface area contributed by atoms with Crippen LogP contribution in [0.5, 0.6) is 11.5 Å². The average molecular weight is 465 g/mol. The highest BCUT2D eigenvalue weighted by Gasteiger charge is 2.24. The number of esters is 1. The SMILES string of the molecule is CCOC(=O)c1cc(-c2cn(C(C)(C)C)c3ncnc(N)c23)ccc1Oc1cccc(Cl)c1. The summed E-state index contributed by atoms with van der Waals surface area (Å²) in [5, 5.41) is 1.26. The Bertz CT molecular complexity index is 1340. The van der Waals surface area contributed by atoms with Gasteiger partial charge in [-0.15, -0.1) is 0 Å². The van der Waals surface area contributed by atoms with Crippen LogP contribution in [0.15, 0.2) is 55.0 Å². The van der Waals surface area contributed by atoms with Crippen LogP contribution in [-0.2, 0) is 10.3 Å². The number of carbonyl (C=O) groups is 1. The molecule has 7 nitrogen and oxygen atoms in total. The second-order valence-electron chi connectivity index (χ2n) is 8.53. The number of aromatic nitrogens is 3. The summed E-state index contributed by atoms with van der Waals surface area (Å²) in [6.07, 6.45) is 3.44. The van der Waals surface area contributed by atoms with Crippen molar-refractivity contribution in [1.82, 2.24) is 14.5 Å². The number of nitrogens with two attached hydrogens (primary N) is 1. The lowest BCUT2D eigenvalue weighted by Gasteiger charge is -2.21. The van der Waals surface area contributed by atoms with Crippen LogP contribution in [0.4, 0.5) is 5.82 Å². The Kier molecular flexibility index (Phi) is 5.99. The number of nitrogens with zero attached hydrogens (tertiary/aromatic N) is 3. The van der Waals surface area contributed by atoms with Crippen molar-refractivity contribution in [3.8, 4) is 22.6 Å². The van der Waals surface area contributed by atoms with Gasteiger partial charge in [-0.25, -0.2) is 14.8 Å². The Morgan fingerprint density at radius 2 is 1.94 bits per heavy atom. The molecule has 0 aliphatic rings. The highest BCUT2D eigenvalue weighted by molar-refractivity contribution is 6.30. The van der Waals surface area contributed by atoms with Crippen molar-refractivity contribution in [3.05, 3.63) is 65.6 Å². The van der Waals surface area contributed by atoms with Gasteiger partial charge in [0.1, 0.15) is 34.9 Å². The van der Waals surface area contributed by atoms with E-state index in [0.717, 1.165) is 22.2 Å². The summed E-state index contributed by atoms with van der Waals surface area (Å²) in [6, 6.07) is 12.3. The molecule has 170 valence electrons. The molecule has 0 unspecified atom stereocenters. The maximum Gasteiger partial charge on any atom is 0.341 e. The Balaban J connectivity index is 1.88. The van der Waals surface area contributed by atoms with Crippen LogP contribution in [0.1, 0.15) is 38.1 Å². The molecule has 0 fully saturated rings. The summed E-state index contributed by atoms with van der Waals surface area (Å²) in [4.78, 5) is 21.5. The minimum atomic E-state index is -0.486. The van der Waals surface area contributed by atoms with Crippen molar-refractivity contribution in [2.24, 2.45) is 0 Å². The third kappa shape index (κ3) is 4.50. The second-order valence-corrected chi connectivity index (χ2v) is 8.97. The number of benzene rings is 2. The third-order valence-electron chi connectivity index (χ3n) is 5.14. The van der Waals surface area contributed by atoms with Gasteiger partial charge in [-0.05, 0) is 63.6 Å². The molecule has 0 radical (unpaired) electrons. The highest BCUT2D eigenvalue weighted by atomic mass is 35.5. The lowest BCUT2D eigenvalue weighted by Crippen LogP contribution is -2.21. The number of carbonyl (C=O) groups excluding carboxylic acids is 1. The lowest BCUT2D eigenvalue weighted by molar-refractivity contribution is 0.0523. The van der Waals surface area contributed by atoms with Gasteiger partial charge in [0, 0.05) is 22.3 Å². The molecule has 0 amide bonds. The summed E-state index contributed by atoms with van der Waals surface area (Å²) >= 11 is 6.08. The zero-order valence-electron chi connectivity index (χ0n) is 18.9. The molecule has 0 aliphatic carbocycles. The topological polar surface area (TPSA) is 92.3 Å². The normalized spacial score (nSPS) is 11.5. The predicted molar refractivity (Wildman–Crippen MR) is 130 cm³/mol. The van der Waals surface area contributed by atoms with Crippen molar-refractivity contribution >= 4 is 34.4 Å². The van der Waals surface area contributed by atoms with Crippen LogP contribution < -0.4 is 10.5 Å². The number of hydrogen-bond acceptors (Lipinski definition) is 6. The van der Waals surface area contributed by atoms with Crippen LogP contribution in [0.25, 0.3) is 22.2 Å². The summed E-state index contributed by atoms with van der Waals surface area (Å²) in [5.74, 6) is 0.765. The maximum absolute atomic E-state index is 12.8. The molecule has 4 rings (SSSR count). The molecule has 0 aliphatic heterocycles. The first-order valence-electron chi connectivity index (χ1n) is 10.6. The van der Waals surface area contributed by atoms with E-state index in [4.69, 9.17) is 26.8 Å². The molecule has 33 heavy (non-hydrogen) atoms. The van der Waals surface area contributed by atoms with Crippen molar-refractivity contribution in [2.45, 2.75) is 33.2 Å². The van der Waals surface area contributed by atoms with Crippen LogP contribution in [0.3, 0.4) is 0 Å². The Labute approximate surface area is 197 Å². The largest absolute Gasteiger partial charge is 0.462 e. The van der Waals surface area contributed by atoms with Gasteiger partial charge in [-0.2, -0.15) is 0 Å².